The van der Waals surface area contributed by atoms with Gasteiger partial charge in [-0.2, -0.15) is 0 Å². The van der Waals surface area contributed by atoms with Crippen LogP contribution in [-0.4, -0.2) is 16.7 Å². The minimum atomic E-state index is 0.887. The number of aromatic nitrogens is 2. The van der Waals surface area contributed by atoms with E-state index >= 15 is 0 Å². The molecule has 2 aromatic heterocycles. The van der Waals surface area contributed by atoms with Crippen LogP contribution in [0.25, 0.3) is 83.3 Å². The molecule has 0 N–H and O–H groups in total. The number of hydrogen-bond donors (Lipinski definition) is 0. The molecule has 0 radical (unpaired) electrons. The molecular weight excluding hydrogens is 595 g/mol. The minimum Gasteiger partial charge on any atom is -0.265 e. The zero-order chi connectivity index (χ0) is 33.2. The van der Waals surface area contributed by atoms with E-state index in [9.17, 15) is 0 Å². The summed E-state index contributed by atoms with van der Waals surface area (Å²) < 4.78 is 0. The summed E-state index contributed by atoms with van der Waals surface area (Å²) in [6, 6.07) is 48.0. The molecule has 0 fully saturated rings. The smallest absolute Gasteiger partial charge is 0.0695 e. The fourth-order valence-corrected chi connectivity index (χ4v) is 6.90. The number of aliphatic imine (C=N–C) groups is 1. The summed E-state index contributed by atoms with van der Waals surface area (Å²) in [5.41, 5.74) is 13.5. The fourth-order valence-electron chi connectivity index (χ4n) is 6.90. The van der Waals surface area contributed by atoms with Crippen molar-refractivity contribution >= 4 is 40.0 Å². The molecule has 49 heavy (non-hydrogen) atoms. The predicted molar refractivity (Wildman–Crippen MR) is 208 cm³/mol. The molecule has 3 heteroatoms. The Morgan fingerprint density at radius 3 is 1.41 bits per heavy atom. The SMILES string of the molecule is C=Nc1ccc(-c2ccc(-c3c4ccccc4c(-c4ccc(-c5cncc(-c6ccncc6)c5)cc4)c4ccccc34)cc2)cc1/C=C\C. The molecule has 6 aromatic carbocycles. The standard InChI is InChI=1S/C46H33N3/c1-3-8-37-27-36(21-22-44(37)47-2)31-13-17-34(18-14-31)45-40-9-4-6-11-42(40)46(43-12-7-5-10-41(43)45)35-19-15-32(16-20-35)38-28-39(30-49-29-38)33-23-25-48-26-24-33/h3-30H,2H2,1H3/b8-3-. The van der Waals surface area contributed by atoms with Gasteiger partial charge in [0.1, 0.15) is 0 Å². The van der Waals surface area contributed by atoms with E-state index in [1.807, 2.05) is 56.0 Å². The molecule has 0 unspecified atom stereocenters. The number of nitrogens with zero attached hydrogens (tertiary/aromatic N) is 3. The third-order valence-corrected chi connectivity index (χ3v) is 9.24. The fraction of sp³-hybridized carbons (Fsp3) is 0.0217. The van der Waals surface area contributed by atoms with Crippen molar-refractivity contribution in [3.63, 3.8) is 0 Å². The highest BCUT2D eigenvalue weighted by molar-refractivity contribution is 6.21. The average Bonchev–Trinajstić information content (AvgIpc) is 3.17. The molecule has 2 heterocycles. The highest BCUT2D eigenvalue weighted by Gasteiger charge is 2.17. The Morgan fingerprint density at radius 1 is 0.469 bits per heavy atom. The average molecular weight is 628 g/mol. The summed E-state index contributed by atoms with van der Waals surface area (Å²) in [6.45, 7) is 5.76. The van der Waals surface area contributed by atoms with Gasteiger partial charge in [-0.05, 0) is 110 Å². The van der Waals surface area contributed by atoms with Crippen LogP contribution in [-0.2, 0) is 0 Å². The molecular formula is C46H33N3. The van der Waals surface area contributed by atoms with Gasteiger partial charge in [0, 0.05) is 41.5 Å². The molecule has 0 aliphatic heterocycles. The maximum absolute atomic E-state index is 4.55. The molecule has 0 bridgehead atoms. The van der Waals surface area contributed by atoms with E-state index in [0.29, 0.717) is 0 Å². The van der Waals surface area contributed by atoms with Crippen LogP contribution in [0.1, 0.15) is 12.5 Å². The largest absolute Gasteiger partial charge is 0.265 e. The third-order valence-electron chi connectivity index (χ3n) is 9.24. The van der Waals surface area contributed by atoms with Crippen molar-refractivity contribution in [1.82, 2.24) is 9.97 Å². The lowest BCUT2D eigenvalue weighted by atomic mass is 9.85. The van der Waals surface area contributed by atoms with E-state index in [4.69, 9.17) is 0 Å². The molecule has 0 aliphatic carbocycles. The van der Waals surface area contributed by atoms with Crippen LogP contribution in [0.4, 0.5) is 5.69 Å². The van der Waals surface area contributed by atoms with Crippen molar-refractivity contribution in [2.75, 3.05) is 0 Å². The van der Waals surface area contributed by atoms with Gasteiger partial charge in [0.15, 0.2) is 0 Å². The van der Waals surface area contributed by atoms with Crippen molar-refractivity contribution in [1.29, 1.82) is 0 Å². The molecule has 8 rings (SSSR count). The topological polar surface area (TPSA) is 38.1 Å². The van der Waals surface area contributed by atoms with E-state index < -0.39 is 0 Å². The van der Waals surface area contributed by atoms with Crippen molar-refractivity contribution in [3.05, 3.63) is 170 Å². The summed E-state index contributed by atoms with van der Waals surface area (Å²) in [5.74, 6) is 0. The molecule has 0 spiro atoms. The van der Waals surface area contributed by atoms with Gasteiger partial charge in [-0.3, -0.25) is 15.0 Å². The Labute approximate surface area is 286 Å². The van der Waals surface area contributed by atoms with Gasteiger partial charge in [-0.1, -0.05) is 115 Å². The molecule has 0 atom stereocenters. The summed E-state index contributed by atoms with van der Waals surface area (Å²) in [4.78, 5) is 12.9. The molecule has 0 aliphatic rings. The van der Waals surface area contributed by atoms with Crippen LogP contribution in [0, 0.1) is 0 Å². The van der Waals surface area contributed by atoms with Gasteiger partial charge in [-0.15, -0.1) is 0 Å². The number of allylic oxidation sites excluding steroid dienone is 1. The van der Waals surface area contributed by atoms with Crippen LogP contribution in [0.5, 0.6) is 0 Å². The van der Waals surface area contributed by atoms with Crippen molar-refractivity contribution in [2.45, 2.75) is 6.92 Å². The highest BCUT2D eigenvalue weighted by Crippen LogP contribution is 2.44. The first-order valence-electron chi connectivity index (χ1n) is 16.5. The Bertz CT molecular complexity index is 2440. The normalized spacial score (nSPS) is 11.4. The van der Waals surface area contributed by atoms with Gasteiger partial charge < -0.3 is 0 Å². The van der Waals surface area contributed by atoms with Crippen LogP contribution < -0.4 is 0 Å². The van der Waals surface area contributed by atoms with Crippen molar-refractivity contribution in [2.24, 2.45) is 4.99 Å². The number of fused-ring (bicyclic) bond motifs is 2. The third kappa shape index (κ3) is 5.62. The van der Waals surface area contributed by atoms with E-state index in [2.05, 4.69) is 143 Å². The summed E-state index contributed by atoms with van der Waals surface area (Å²) in [5, 5.41) is 4.94. The lowest BCUT2D eigenvalue weighted by Crippen LogP contribution is -1.91. The monoisotopic (exact) mass is 627 g/mol. The van der Waals surface area contributed by atoms with Crippen molar-refractivity contribution in [3.8, 4) is 55.6 Å². The van der Waals surface area contributed by atoms with Gasteiger partial charge in [0.05, 0.1) is 5.69 Å². The minimum absolute atomic E-state index is 0.887. The Balaban J connectivity index is 1.21. The quantitative estimate of drug-likeness (QED) is 0.130. The predicted octanol–water partition coefficient (Wildman–Crippen LogP) is 12.5. The van der Waals surface area contributed by atoms with E-state index in [1.54, 1.807) is 0 Å². The molecule has 8 aromatic rings. The van der Waals surface area contributed by atoms with E-state index in [-0.39, 0.29) is 0 Å². The second-order valence-corrected chi connectivity index (χ2v) is 12.1. The summed E-state index contributed by atoms with van der Waals surface area (Å²) >= 11 is 0. The number of benzene rings is 6. The van der Waals surface area contributed by atoms with Crippen molar-refractivity contribution < 1.29 is 0 Å². The number of pyridine rings is 2. The number of rotatable bonds is 7. The van der Waals surface area contributed by atoms with Gasteiger partial charge in [0.2, 0.25) is 0 Å². The Morgan fingerprint density at radius 2 is 0.918 bits per heavy atom. The zero-order valence-electron chi connectivity index (χ0n) is 27.2. The second kappa shape index (κ2) is 13.0. The molecule has 3 nitrogen and oxygen atoms in total. The van der Waals surface area contributed by atoms with Crippen LogP contribution >= 0.6 is 0 Å². The zero-order valence-corrected chi connectivity index (χ0v) is 27.2. The second-order valence-electron chi connectivity index (χ2n) is 12.1. The van der Waals surface area contributed by atoms with Gasteiger partial charge >= 0.3 is 0 Å². The van der Waals surface area contributed by atoms with Gasteiger partial charge in [-0.25, -0.2) is 0 Å². The highest BCUT2D eigenvalue weighted by atomic mass is 14.7. The Kier molecular flexibility index (Phi) is 7.93. The Hall–Kier alpha value is -6.45. The molecule has 0 saturated carbocycles. The number of hydrogen-bond acceptors (Lipinski definition) is 3. The summed E-state index contributed by atoms with van der Waals surface area (Å²) in [6.07, 6.45) is 11.6. The first-order chi connectivity index (χ1) is 24.2. The molecule has 0 saturated heterocycles. The van der Waals surface area contributed by atoms with E-state index in [0.717, 1.165) is 44.6 Å². The van der Waals surface area contributed by atoms with Gasteiger partial charge in [0.25, 0.3) is 0 Å². The summed E-state index contributed by atoms with van der Waals surface area (Å²) in [7, 11) is 0. The lowest BCUT2D eigenvalue weighted by Gasteiger charge is -2.18. The maximum atomic E-state index is 4.55. The van der Waals surface area contributed by atoms with Crippen LogP contribution in [0.3, 0.4) is 0 Å². The van der Waals surface area contributed by atoms with E-state index in [1.165, 1.54) is 43.8 Å². The van der Waals surface area contributed by atoms with Crippen LogP contribution in [0.15, 0.2) is 169 Å². The first kappa shape index (κ1) is 29.9. The molecule has 0 amide bonds. The first-order valence-corrected chi connectivity index (χ1v) is 16.5. The molecule has 232 valence electrons. The van der Waals surface area contributed by atoms with Crippen LogP contribution in [0.2, 0.25) is 0 Å². The lowest BCUT2D eigenvalue weighted by molar-refractivity contribution is 1.30. The maximum Gasteiger partial charge on any atom is 0.0695 e.